The number of rotatable bonds is 5. The molecule has 0 bridgehead atoms. The summed E-state index contributed by atoms with van der Waals surface area (Å²) in [6.45, 7) is 7.77. The van der Waals surface area contributed by atoms with Crippen LogP contribution in [0, 0.1) is 5.92 Å². The summed E-state index contributed by atoms with van der Waals surface area (Å²) in [5, 5.41) is 0. The SMILES string of the molecule is CCOC(=O)c1cccc([C@H]2CCN(C[C](C)C)C(=O)C2)c1. The second-order valence-electron chi connectivity index (χ2n) is 6.06. The summed E-state index contributed by atoms with van der Waals surface area (Å²) in [6, 6.07) is 7.48. The molecule has 1 fully saturated rings. The number of likely N-dealkylation sites (tertiary alicyclic amines) is 1. The maximum absolute atomic E-state index is 12.3. The Morgan fingerprint density at radius 2 is 2.14 bits per heavy atom. The molecule has 1 atom stereocenters. The number of ether oxygens (including phenoxy) is 1. The minimum atomic E-state index is -0.302. The first kappa shape index (κ1) is 16.5. The second kappa shape index (κ2) is 7.43. The summed E-state index contributed by atoms with van der Waals surface area (Å²) in [5.41, 5.74) is 1.61. The molecule has 4 heteroatoms. The van der Waals surface area contributed by atoms with Gasteiger partial charge >= 0.3 is 5.97 Å². The lowest BCUT2D eigenvalue weighted by atomic mass is 9.88. The maximum Gasteiger partial charge on any atom is 0.338 e. The Morgan fingerprint density at radius 1 is 1.36 bits per heavy atom. The minimum Gasteiger partial charge on any atom is -0.462 e. The molecule has 1 heterocycles. The van der Waals surface area contributed by atoms with E-state index in [2.05, 4.69) is 0 Å². The van der Waals surface area contributed by atoms with Gasteiger partial charge in [0, 0.05) is 19.5 Å². The fraction of sp³-hybridized carbons (Fsp3) is 0.500. The number of carbonyl (C=O) groups excluding carboxylic acids is 2. The molecule has 22 heavy (non-hydrogen) atoms. The first-order valence-electron chi connectivity index (χ1n) is 7.85. The molecular weight excluding hydrogens is 278 g/mol. The highest BCUT2D eigenvalue weighted by molar-refractivity contribution is 5.89. The largest absolute Gasteiger partial charge is 0.462 e. The molecule has 0 saturated carbocycles. The van der Waals surface area contributed by atoms with Crippen molar-refractivity contribution in [3.63, 3.8) is 0 Å². The normalized spacial score (nSPS) is 18.6. The number of amides is 1. The monoisotopic (exact) mass is 302 g/mol. The average Bonchev–Trinajstić information content (AvgIpc) is 2.49. The third kappa shape index (κ3) is 4.09. The molecule has 4 nitrogen and oxygen atoms in total. The molecule has 119 valence electrons. The van der Waals surface area contributed by atoms with Gasteiger partial charge in [0.1, 0.15) is 0 Å². The Morgan fingerprint density at radius 3 is 2.77 bits per heavy atom. The Bertz CT molecular complexity index is 539. The molecule has 1 aliphatic heterocycles. The van der Waals surface area contributed by atoms with E-state index in [1.54, 1.807) is 13.0 Å². The van der Waals surface area contributed by atoms with Crippen LogP contribution in [0.5, 0.6) is 0 Å². The van der Waals surface area contributed by atoms with Crippen molar-refractivity contribution in [3.8, 4) is 0 Å². The van der Waals surface area contributed by atoms with Crippen molar-refractivity contribution >= 4 is 11.9 Å². The summed E-state index contributed by atoms with van der Waals surface area (Å²) in [6.07, 6.45) is 1.45. The number of benzene rings is 1. The van der Waals surface area contributed by atoms with Crippen LogP contribution in [0.25, 0.3) is 0 Å². The summed E-state index contributed by atoms with van der Waals surface area (Å²) >= 11 is 0. The van der Waals surface area contributed by atoms with Gasteiger partial charge in [0.05, 0.1) is 12.2 Å². The van der Waals surface area contributed by atoms with Gasteiger partial charge in [-0.1, -0.05) is 26.0 Å². The fourth-order valence-electron chi connectivity index (χ4n) is 2.85. The van der Waals surface area contributed by atoms with E-state index in [4.69, 9.17) is 4.74 Å². The number of esters is 1. The van der Waals surface area contributed by atoms with Crippen LogP contribution in [0.4, 0.5) is 0 Å². The summed E-state index contributed by atoms with van der Waals surface area (Å²) < 4.78 is 5.04. The van der Waals surface area contributed by atoms with Gasteiger partial charge in [-0.25, -0.2) is 4.79 Å². The van der Waals surface area contributed by atoms with Gasteiger partial charge in [-0.05, 0) is 42.9 Å². The van der Waals surface area contributed by atoms with Crippen molar-refractivity contribution in [2.45, 2.75) is 39.5 Å². The minimum absolute atomic E-state index is 0.190. The summed E-state index contributed by atoms with van der Waals surface area (Å²) in [4.78, 5) is 26.0. The maximum atomic E-state index is 12.3. The molecule has 1 amide bonds. The van der Waals surface area contributed by atoms with Crippen molar-refractivity contribution in [3.05, 3.63) is 41.3 Å². The summed E-state index contributed by atoms with van der Waals surface area (Å²) in [7, 11) is 0. The van der Waals surface area contributed by atoms with Gasteiger partial charge in [0.2, 0.25) is 5.91 Å². The van der Waals surface area contributed by atoms with E-state index >= 15 is 0 Å². The van der Waals surface area contributed by atoms with Crippen molar-refractivity contribution in [1.29, 1.82) is 0 Å². The zero-order valence-corrected chi connectivity index (χ0v) is 13.6. The molecular formula is C18H24NO3. The molecule has 2 rings (SSSR count). The predicted molar refractivity (Wildman–Crippen MR) is 85.5 cm³/mol. The second-order valence-corrected chi connectivity index (χ2v) is 6.06. The Labute approximate surface area is 132 Å². The van der Waals surface area contributed by atoms with E-state index in [1.165, 1.54) is 5.92 Å². The number of carbonyl (C=O) groups is 2. The van der Waals surface area contributed by atoms with Gasteiger partial charge in [-0.3, -0.25) is 4.79 Å². The average molecular weight is 302 g/mol. The lowest BCUT2D eigenvalue weighted by Gasteiger charge is -2.33. The molecule has 0 aliphatic carbocycles. The molecule has 0 spiro atoms. The zero-order chi connectivity index (χ0) is 16.1. The molecule has 1 aromatic rings. The topological polar surface area (TPSA) is 46.6 Å². The van der Waals surface area contributed by atoms with Crippen molar-refractivity contribution in [2.75, 3.05) is 19.7 Å². The number of nitrogens with zero attached hydrogens (tertiary/aromatic N) is 1. The highest BCUT2D eigenvalue weighted by Gasteiger charge is 2.27. The van der Waals surface area contributed by atoms with Gasteiger partial charge in [0.15, 0.2) is 0 Å². The number of piperidine rings is 1. The third-order valence-electron chi connectivity index (χ3n) is 3.90. The highest BCUT2D eigenvalue weighted by Crippen LogP contribution is 2.29. The first-order chi connectivity index (χ1) is 10.5. The van der Waals surface area contributed by atoms with E-state index in [1.807, 2.05) is 36.9 Å². The van der Waals surface area contributed by atoms with Crippen LogP contribution in [0.1, 0.15) is 55.5 Å². The van der Waals surface area contributed by atoms with Crippen LogP contribution in [0.15, 0.2) is 24.3 Å². The first-order valence-corrected chi connectivity index (χ1v) is 7.85. The predicted octanol–water partition coefficient (Wildman–Crippen LogP) is 3.18. The van der Waals surface area contributed by atoms with Crippen LogP contribution in [-0.2, 0) is 9.53 Å². The van der Waals surface area contributed by atoms with E-state index in [-0.39, 0.29) is 17.8 Å². The third-order valence-corrected chi connectivity index (χ3v) is 3.90. The number of hydrogen-bond acceptors (Lipinski definition) is 3. The Balaban J connectivity index is 2.06. The Kier molecular flexibility index (Phi) is 5.58. The van der Waals surface area contributed by atoms with Gasteiger partial charge in [0.25, 0.3) is 0 Å². The molecule has 1 radical (unpaired) electrons. The van der Waals surface area contributed by atoms with Crippen LogP contribution in [0.3, 0.4) is 0 Å². The fourth-order valence-corrected chi connectivity index (χ4v) is 2.85. The van der Waals surface area contributed by atoms with Crippen molar-refractivity contribution < 1.29 is 14.3 Å². The standard InChI is InChI=1S/C18H24NO3/c1-4-22-18(21)16-7-5-6-14(10-16)15-8-9-19(12-13(2)3)17(20)11-15/h5-7,10,15H,4,8-9,11-12H2,1-3H3/t15-/m0/s1. The van der Waals surface area contributed by atoms with E-state index in [0.717, 1.165) is 25.1 Å². The van der Waals surface area contributed by atoms with Crippen LogP contribution < -0.4 is 0 Å². The highest BCUT2D eigenvalue weighted by atomic mass is 16.5. The van der Waals surface area contributed by atoms with E-state index in [9.17, 15) is 9.59 Å². The van der Waals surface area contributed by atoms with Gasteiger partial charge in [-0.2, -0.15) is 0 Å². The zero-order valence-electron chi connectivity index (χ0n) is 13.6. The van der Waals surface area contributed by atoms with Crippen molar-refractivity contribution in [2.24, 2.45) is 0 Å². The quantitative estimate of drug-likeness (QED) is 0.785. The lowest BCUT2D eigenvalue weighted by molar-refractivity contribution is -0.133. The van der Waals surface area contributed by atoms with E-state index < -0.39 is 0 Å². The molecule has 0 N–H and O–H groups in total. The van der Waals surface area contributed by atoms with Crippen LogP contribution >= 0.6 is 0 Å². The van der Waals surface area contributed by atoms with Gasteiger partial charge in [-0.15, -0.1) is 0 Å². The van der Waals surface area contributed by atoms with Gasteiger partial charge < -0.3 is 9.64 Å². The van der Waals surface area contributed by atoms with E-state index in [0.29, 0.717) is 18.6 Å². The Hall–Kier alpha value is -1.84. The smallest absolute Gasteiger partial charge is 0.338 e. The molecule has 1 aliphatic rings. The van der Waals surface area contributed by atoms with Crippen LogP contribution in [0.2, 0.25) is 0 Å². The van der Waals surface area contributed by atoms with Crippen LogP contribution in [-0.4, -0.2) is 36.5 Å². The molecule has 1 saturated heterocycles. The molecule has 1 aromatic carbocycles. The molecule has 0 unspecified atom stereocenters. The summed E-state index contributed by atoms with van der Waals surface area (Å²) in [5.74, 6) is 1.33. The molecule has 0 aromatic heterocycles. The lowest BCUT2D eigenvalue weighted by Crippen LogP contribution is -2.39. The number of hydrogen-bond donors (Lipinski definition) is 0. The van der Waals surface area contributed by atoms with Crippen molar-refractivity contribution in [1.82, 2.24) is 4.90 Å².